The molecule has 0 saturated carbocycles. The van der Waals surface area contributed by atoms with Crippen LogP contribution in [0.4, 0.5) is 14.5 Å². The summed E-state index contributed by atoms with van der Waals surface area (Å²) in [5, 5.41) is 0. The van der Waals surface area contributed by atoms with Crippen molar-refractivity contribution in [2.75, 3.05) is 24.7 Å². The summed E-state index contributed by atoms with van der Waals surface area (Å²) in [5.41, 5.74) is 5.86. The zero-order valence-corrected chi connectivity index (χ0v) is 14.5. The molecule has 0 fully saturated rings. The molecule has 25 heavy (non-hydrogen) atoms. The topological polar surface area (TPSA) is 61.4 Å². The van der Waals surface area contributed by atoms with Gasteiger partial charge in [-0.05, 0) is 36.4 Å². The number of hydrogen-bond donors (Lipinski definition) is 2. The maximum Gasteiger partial charge on any atom is 0.269 e. The number of rotatable bonds is 5. The molecule has 0 aliphatic rings. The van der Waals surface area contributed by atoms with Crippen molar-refractivity contribution in [3.63, 3.8) is 0 Å². The van der Waals surface area contributed by atoms with Crippen LogP contribution in [-0.2, 0) is 4.79 Å². The minimum atomic E-state index is -0.973. The van der Waals surface area contributed by atoms with Gasteiger partial charge in [-0.3, -0.25) is 20.4 Å². The van der Waals surface area contributed by atoms with E-state index in [4.69, 9.17) is 0 Å². The highest BCUT2D eigenvalue weighted by atomic mass is 32.2. The van der Waals surface area contributed by atoms with Gasteiger partial charge in [0.15, 0.2) is 11.6 Å². The molecular formula is C17H17F2N3O2S. The molecule has 0 radical (unpaired) electrons. The van der Waals surface area contributed by atoms with Gasteiger partial charge in [-0.25, -0.2) is 8.78 Å². The largest absolute Gasteiger partial charge is 0.378 e. The number of nitrogens with one attached hydrogen (secondary N) is 2. The zero-order valence-electron chi connectivity index (χ0n) is 13.7. The van der Waals surface area contributed by atoms with Gasteiger partial charge in [0.05, 0.1) is 5.75 Å². The molecule has 5 nitrogen and oxygen atoms in total. The van der Waals surface area contributed by atoms with E-state index in [1.807, 2.05) is 25.1 Å². The Morgan fingerprint density at radius 3 is 2.48 bits per heavy atom. The predicted molar refractivity (Wildman–Crippen MR) is 93.5 cm³/mol. The van der Waals surface area contributed by atoms with Crippen molar-refractivity contribution in [3.05, 3.63) is 59.7 Å². The third-order valence-corrected chi connectivity index (χ3v) is 4.19. The van der Waals surface area contributed by atoms with Crippen molar-refractivity contribution >= 4 is 29.3 Å². The molecular weight excluding hydrogens is 348 g/mol. The van der Waals surface area contributed by atoms with Crippen LogP contribution in [0.2, 0.25) is 0 Å². The van der Waals surface area contributed by atoms with Crippen molar-refractivity contribution in [1.29, 1.82) is 0 Å². The molecule has 2 amide bonds. The second kappa shape index (κ2) is 8.48. The third-order valence-electron chi connectivity index (χ3n) is 3.20. The van der Waals surface area contributed by atoms with Crippen LogP contribution < -0.4 is 15.8 Å². The van der Waals surface area contributed by atoms with E-state index in [9.17, 15) is 18.4 Å². The van der Waals surface area contributed by atoms with Gasteiger partial charge in [0, 0.05) is 30.2 Å². The predicted octanol–water partition coefficient (Wildman–Crippen LogP) is 2.58. The lowest BCUT2D eigenvalue weighted by Gasteiger charge is -2.13. The van der Waals surface area contributed by atoms with Crippen LogP contribution >= 0.6 is 11.8 Å². The van der Waals surface area contributed by atoms with Gasteiger partial charge in [0.25, 0.3) is 5.91 Å². The first-order chi connectivity index (χ1) is 11.9. The fourth-order valence-electron chi connectivity index (χ4n) is 1.88. The molecule has 0 atom stereocenters. The zero-order chi connectivity index (χ0) is 18.4. The number of carbonyl (C=O) groups is 2. The Hall–Kier alpha value is -2.61. The second-order valence-corrected chi connectivity index (χ2v) is 6.36. The van der Waals surface area contributed by atoms with Crippen molar-refractivity contribution in [1.82, 2.24) is 10.9 Å². The number of nitrogens with zero attached hydrogens (tertiary/aromatic N) is 1. The van der Waals surface area contributed by atoms with E-state index in [0.717, 1.165) is 29.6 Å². The van der Waals surface area contributed by atoms with E-state index in [1.54, 1.807) is 18.2 Å². The first kappa shape index (κ1) is 18.7. The number of hydrazine groups is 1. The van der Waals surface area contributed by atoms with Crippen LogP contribution in [0.1, 0.15) is 10.4 Å². The van der Waals surface area contributed by atoms with Crippen LogP contribution in [-0.4, -0.2) is 31.7 Å². The minimum Gasteiger partial charge on any atom is -0.378 e. The van der Waals surface area contributed by atoms with Gasteiger partial charge in [-0.2, -0.15) is 0 Å². The number of anilines is 1. The van der Waals surface area contributed by atoms with Crippen LogP contribution in [0.5, 0.6) is 0 Å². The Morgan fingerprint density at radius 1 is 1.04 bits per heavy atom. The molecule has 0 aliphatic carbocycles. The van der Waals surface area contributed by atoms with E-state index in [2.05, 4.69) is 10.9 Å². The molecule has 2 N–H and O–H groups in total. The lowest BCUT2D eigenvalue weighted by Crippen LogP contribution is -2.42. The molecule has 2 rings (SSSR count). The van der Waals surface area contributed by atoms with Crippen LogP contribution in [0.15, 0.2) is 47.4 Å². The fourth-order valence-corrected chi connectivity index (χ4v) is 2.60. The average Bonchev–Trinajstić information content (AvgIpc) is 2.60. The molecule has 2 aromatic rings. The second-order valence-electron chi connectivity index (χ2n) is 5.31. The Morgan fingerprint density at radius 2 is 1.80 bits per heavy atom. The standard InChI is InChI=1S/C17H17F2N3O2S/c1-22(2)12-5-3-4-11(8-12)17(24)21-20-16(23)10-25-13-6-7-14(18)15(19)9-13/h3-9H,10H2,1-2H3,(H,20,23)(H,21,24). The monoisotopic (exact) mass is 365 g/mol. The van der Waals surface area contributed by atoms with E-state index in [0.29, 0.717) is 10.5 Å². The highest BCUT2D eigenvalue weighted by Crippen LogP contribution is 2.20. The summed E-state index contributed by atoms with van der Waals surface area (Å²) < 4.78 is 25.9. The first-order valence-electron chi connectivity index (χ1n) is 7.31. The van der Waals surface area contributed by atoms with Crippen molar-refractivity contribution < 1.29 is 18.4 Å². The third kappa shape index (κ3) is 5.46. The van der Waals surface area contributed by atoms with Gasteiger partial charge in [-0.1, -0.05) is 6.07 Å². The van der Waals surface area contributed by atoms with Gasteiger partial charge in [-0.15, -0.1) is 11.8 Å². The number of benzene rings is 2. The quantitative estimate of drug-likeness (QED) is 0.632. The van der Waals surface area contributed by atoms with Crippen molar-refractivity contribution in [3.8, 4) is 0 Å². The molecule has 0 aliphatic heterocycles. The summed E-state index contributed by atoms with van der Waals surface area (Å²) in [6.07, 6.45) is 0. The maximum absolute atomic E-state index is 13.1. The van der Waals surface area contributed by atoms with Gasteiger partial charge >= 0.3 is 0 Å². The summed E-state index contributed by atoms with van der Waals surface area (Å²) in [6, 6.07) is 10.3. The highest BCUT2D eigenvalue weighted by molar-refractivity contribution is 8.00. The van der Waals surface area contributed by atoms with Crippen LogP contribution in [0.25, 0.3) is 0 Å². The Kier molecular flexibility index (Phi) is 6.35. The van der Waals surface area contributed by atoms with E-state index in [-0.39, 0.29) is 5.75 Å². The first-order valence-corrected chi connectivity index (χ1v) is 8.30. The molecule has 0 aromatic heterocycles. The van der Waals surface area contributed by atoms with E-state index >= 15 is 0 Å². The Labute approximate surface area is 148 Å². The van der Waals surface area contributed by atoms with E-state index < -0.39 is 23.4 Å². The molecule has 0 bridgehead atoms. The number of thioether (sulfide) groups is 1. The molecule has 0 spiro atoms. The van der Waals surface area contributed by atoms with Crippen molar-refractivity contribution in [2.45, 2.75) is 4.90 Å². The Balaban J connectivity index is 1.84. The van der Waals surface area contributed by atoms with Crippen LogP contribution in [0.3, 0.4) is 0 Å². The number of halogens is 2. The number of amides is 2. The fraction of sp³-hybridized carbons (Fsp3) is 0.176. The summed E-state index contributed by atoms with van der Waals surface area (Å²) in [4.78, 5) is 26.1. The lowest BCUT2D eigenvalue weighted by molar-refractivity contribution is -0.119. The normalized spacial score (nSPS) is 10.2. The highest BCUT2D eigenvalue weighted by Gasteiger charge is 2.10. The summed E-state index contributed by atoms with van der Waals surface area (Å²) in [6.45, 7) is 0. The molecule has 2 aromatic carbocycles. The average molecular weight is 365 g/mol. The van der Waals surface area contributed by atoms with Crippen molar-refractivity contribution in [2.24, 2.45) is 0 Å². The van der Waals surface area contributed by atoms with Gasteiger partial charge in [0.2, 0.25) is 5.91 Å². The summed E-state index contributed by atoms with van der Waals surface area (Å²) >= 11 is 1.03. The summed E-state index contributed by atoms with van der Waals surface area (Å²) in [7, 11) is 3.71. The SMILES string of the molecule is CN(C)c1cccc(C(=O)NNC(=O)CSc2ccc(F)c(F)c2)c1. The molecule has 0 heterocycles. The number of hydrogen-bond acceptors (Lipinski definition) is 4. The smallest absolute Gasteiger partial charge is 0.269 e. The summed E-state index contributed by atoms with van der Waals surface area (Å²) in [5.74, 6) is -2.88. The molecule has 132 valence electrons. The molecule has 0 saturated heterocycles. The lowest BCUT2D eigenvalue weighted by atomic mass is 10.2. The van der Waals surface area contributed by atoms with Gasteiger partial charge < -0.3 is 4.90 Å². The molecule has 0 unspecified atom stereocenters. The number of carbonyl (C=O) groups excluding carboxylic acids is 2. The Bertz CT molecular complexity index is 784. The minimum absolute atomic E-state index is 0.0525. The van der Waals surface area contributed by atoms with Crippen LogP contribution in [0, 0.1) is 11.6 Å². The molecule has 8 heteroatoms. The van der Waals surface area contributed by atoms with Gasteiger partial charge in [0.1, 0.15) is 0 Å². The van der Waals surface area contributed by atoms with E-state index in [1.165, 1.54) is 6.07 Å². The maximum atomic E-state index is 13.1.